The Morgan fingerprint density at radius 2 is 1.50 bits per heavy atom. The van der Waals surface area contributed by atoms with Crippen LogP contribution in [0.15, 0.2) is 89.8 Å². The Balaban J connectivity index is 1.34. The monoisotopic (exact) mass is 590 g/mol. The number of benzene rings is 3. The van der Waals surface area contributed by atoms with Crippen LogP contribution in [0.4, 0.5) is 0 Å². The summed E-state index contributed by atoms with van der Waals surface area (Å²) >= 11 is 0. The molecule has 2 aliphatic rings. The van der Waals surface area contributed by atoms with Gasteiger partial charge < -0.3 is 14.7 Å². The number of amides is 1. The highest BCUT2D eigenvalue weighted by atomic mass is 32.2. The van der Waals surface area contributed by atoms with Crippen molar-refractivity contribution >= 4 is 15.9 Å². The molecule has 3 atom stereocenters. The van der Waals surface area contributed by atoms with Gasteiger partial charge in [-0.3, -0.25) is 4.79 Å². The molecule has 8 heteroatoms. The number of rotatable bonds is 13. The molecule has 1 saturated heterocycles. The molecule has 0 aromatic heterocycles. The smallest absolute Gasteiger partial charge is 0.243 e. The van der Waals surface area contributed by atoms with E-state index in [-0.39, 0.29) is 41.8 Å². The average molecular weight is 591 g/mol. The molecular formula is C34H42N2O5S. The van der Waals surface area contributed by atoms with E-state index in [0.29, 0.717) is 31.6 Å². The predicted octanol–water partition coefficient (Wildman–Crippen LogP) is 4.94. The summed E-state index contributed by atoms with van der Waals surface area (Å²) in [7, 11) is -2.31. The van der Waals surface area contributed by atoms with E-state index < -0.39 is 16.1 Å². The first-order chi connectivity index (χ1) is 20.3. The van der Waals surface area contributed by atoms with E-state index in [4.69, 9.17) is 4.74 Å². The maximum absolute atomic E-state index is 13.8. The quantitative estimate of drug-likeness (QED) is 0.305. The number of carbonyl (C=O) groups excluding carboxylic acids is 1. The summed E-state index contributed by atoms with van der Waals surface area (Å²) in [6.07, 6.45) is 5.18. The second kappa shape index (κ2) is 13.8. The van der Waals surface area contributed by atoms with Gasteiger partial charge in [0.05, 0.1) is 18.1 Å². The Labute approximate surface area is 250 Å². The van der Waals surface area contributed by atoms with Crippen molar-refractivity contribution in [2.24, 2.45) is 11.8 Å². The molecule has 1 unspecified atom stereocenters. The first kappa shape index (κ1) is 30.3. The van der Waals surface area contributed by atoms with Crippen molar-refractivity contribution in [2.75, 3.05) is 26.7 Å². The normalized spacial score (nSPS) is 20.4. The second-order valence-corrected chi connectivity index (χ2v) is 13.7. The maximum Gasteiger partial charge on any atom is 0.243 e. The van der Waals surface area contributed by atoms with E-state index in [1.807, 2.05) is 48.5 Å². The summed E-state index contributed by atoms with van der Waals surface area (Å²) in [6.45, 7) is 0.403. The third kappa shape index (κ3) is 7.41. The van der Waals surface area contributed by atoms with Crippen LogP contribution in [0.5, 0.6) is 5.75 Å². The Morgan fingerprint density at radius 1 is 0.905 bits per heavy atom. The van der Waals surface area contributed by atoms with E-state index >= 15 is 0 Å². The van der Waals surface area contributed by atoms with Gasteiger partial charge in [-0.15, -0.1) is 0 Å². The highest BCUT2D eigenvalue weighted by molar-refractivity contribution is 7.89. The van der Waals surface area contributed by atoms with Crippen LogP contribution < -0.4 is 4.74 Å². The van der Waals surface area contributed by atoms with Crippen molar-refractivity contribution in [3.63, 3.8) is 0 Å². The van der Waals surface area contributed by atoms with Crippen molar-refractivity contribution in [3.8, 4) is 5.75 Å². The van der Waals surface area contributed by atoms with Crippen LogP contribution >= 0.6 is 0 Å². The van der Waals surface area contributed by atoms with E-state index in [2.05, 4.69) is 12.1 Å². The lowest BCUT2D eigenvalue weighted by Crippen LogP contribution is -2.47. The number of nitrogens with zero attached hydrogens (tertiary/aromatic N) is 2. The minimum absolute atomic E-state index is 0.0270. The van der Waals surface area contributed by atoms with Gasteiger partial charge in [0.2, 0.25) is 15.9 Å². The number of hydrogen-bond acceptors (Lipinski definition) is 5. The molecule has 1 aliphatic carbocycles. The number of β-amino-alcohol motifs (C(OH)–C–C–N with tert-alkyl or cyclic N) is 1. The second-order valence-electron chi connectivity index (χ2n) is 11.8. The van der Waals surface area contributed by atoms with Crippen LogP contribution in [-0.2, 0) is 27.7 Å². The van der Waals surface area contributed by atoms with E-state index in [1.54, 1.807) is 36.3 Å². The average Bonchev–Trinajstić information content (AvgIpc) is 3.62. The Morgan fingerprint density at radius 3 is 2.10 bits per heavy atom. The zero-order valence-corrected chi connectivity index (χ0v) is 25.2. The molecule has 0 bridgehead atoms. The van der Waals surface area contributed by atoms with Crippen LogP contribution in [0, 0.1) is 11.8 Å². The fraction of sp³-hybridized carbons (Fsp3) is 0.441. The molecule has 42 heavy (non-hydrogen) atoms. The standard InChI is InChI=1S/C34H42N2O5S/c1-41-32-16-18-33(19-17-32)42(39,40)35(23-28-14-8-9-15-28)24-31(37)25-36-30(21-27-12-6-3-7-13-27)22-29(34(36)38)20-26-10-4-2-5-11-26/h2-7,10-13,16-19,28-31,37H,8-9,14-15,20-25H2,1H3/t29?,30-,31+/m0/s1. The molecule has 0 spiro atoms. The summed E-state index contributed by atoms with van der Waals surface area (Å²) in [4.78, 5) is 15.7. The molecule has 5 rings (SSSR count). The lowest BCUT2D eigenvalue weighted by atomic mass is 9.94. The SMILES string of the molecule is COc1ccc(S(=O)(=O)N(CC2CCCC2)C[C@@H](O)CN2C(=O)C(Cc3ccccc3)C[C@@H]2Cc2ccccc2)cc1. The number of ether oxygens (including phenoxy) is 1. The van der Waals surface area contributed by atoms with E-state index in [1.165, 1.54) is 4.31 Å². The molecule has 1 saturated carbocycles. The maximum atomic E-state index is 13.8. The first-order valence-electron chi connectivity index (χ1n) is 15.0. The van der Waals surface area contributed by atoms with E-state index in [9.17, 15) is 18.3 Å². The summed E-state index contributed by atoms with van der Waals surface area (Å²) in [6, 6.07) is 26.4. The zero-order chi connectivity index (χ0) is 29.5. The van der Waals surface area contributed by atoms with Crippen molar-refractivity contribution in [3.05, 3.63) is 96.1 Å². The van der Waals surface area contributed by atoms with Crippen LogP contribution in [0.25, 0.3) is 0 Å². The number of likely N-dealkylation sites (tertiary alicyclic amines) is 1. The molecule has 1 N–H and O–H groups in total. The molecule has 3 aromatic rings. The topological polar surface area (TPSA) is 87.2 Å². The third-order valence-electron chi connectivity index (χ3n) is 8.72. The predicted molar refractivity (Wildman–Crippen MR) is 164 cm³/mol. The first-order valence-corrected chi connectivity index (χ1v) is 16.5. The molecule has 1 amide bonds. The van der Waals surface area contributed by atoms with Gasteiger partial charge in [-0.05, 0) is 73.4 Å². The van der Waals surface area contributed by atoms with Crippen molar-refractivity contribution < 1.29 is 23.1 Å². The Bertz CT molecular complexity index is 1390. The molecule has 0 radical (unpaired) electrons. The highest BCUT2D eigenvalue weighted by Crippen LogP contribution is 2.32. The van der Waals surface area contributed by atoms with Gasteiger partial charge in [0, 0.05) is 31.6 Å². The minimum Gasteiger partial charge on any atom is -0.497 e. The van der Waals surface area contributed by atoms with Crippen molar-refractivity contribution in [1.29, 1.82) is 0 Å². The zero-order valence-electron chi connectivity index (χ0n) is 24.3. The molecular weight excluding hydrogens is 548 g/mol. The van der Waals surface area contributed by atoms with Gasteiger partial charge in [0.1, 0.15) is 5.75 Å². The molecule has 3 aromatic carbocycles. The fourth-order valence-corrected chi connectivity index (χ4v) is 8.08. The molecule has 1 aliphatic heterocycles. The van der Waals surface area contributed by atoms with Gasteiger partial charge in [0.15, 0.2) is 0 Å². The Hall–Kier alpha value is -3.20. The van der Waals surface area contributed by atoms with Crippen LogP contribution in [-0.4, -0.2) is 67.5 Å². The van der Waals surface area contributed by atoms with Crippen LogP contribution in [0.1, 0.15) is 43.2 Å². The number of aliphatic hydroxyl groups is 1. The largest absolute Gasteiger partial charge is 0.497 e. The van der Waals surface area contributed by atoms with Crippen LogP contribution in [0.2, 0.25) is 0 Å². The van der Waals surface area contributed by atoms with Crippen molar-refractivity contribution in [1.82, 2.24) is 9.21 Å². The van der Waals surface area contributed by atoms with Gasteiger partial charge in [-0.2, -0.15) is 4.31 Å². The van der Waals surface area contributed by atoms with Crippen LogP contribution in [0.3, 0.4) is 0 Å². The molecule has 7 nitrogen and oxygen atoms in total. The van der Waals surface area contributed by atoms with Gasteiger partial charge in [-0.25, -0.2) is 8.42 Å². The lowest BCUT2D eigenvalue weighted by Gasteiger charge is -2.31. The summed E-state index contributed by atoms with van der Waals surface area (Å²) in [5.41, 5.74) is 2.25. The number of sulfonamides is 1. The minimum atomic E-state index is -3.85. The van der Waals surface area contributed by atoms with E-state index in [0.717, 1.165) is 36.8 Å². The molecule has 224 valence electrons. The molecule has 1 heterocycles. The number of methoxy groups -OCH3 is 1. The third-order valence-corrected chi connectivity index (χ3v) is 10.6. The Kier molecular flexibility index (Phi) is 9.98. The van der Waals surface area contributed by atoms with Crippen molar-refractivity contribution in [2.45, 2.75) is 62.0 Å². The van der Waals surface area contributed by atoms with Gasteiger partial charge in [0.25, 0.3) is 0 Å². The number of hydrogen-bond donors (Lipinski definition) is 1. The van der Waals surface area contributed by atoms with Gasteiger partial charge >= 0.3 is 0 Å². The molecule has 2 fully saturated rings. The fourth-order valence-electron chi connectivity index (χ4n) is 6.53. The van der Waals surface area contributed by atoms with Gasteiger partial charge in [-0.1, -0.05) is 73.5 Å². The number of carbonyl (C=O) groups is 1. The summed E-state index contributed by atoms with van der Waals surface area (Å²) in [5.74, 6) is 0.697. The summed E-state index contributed by atoms with van der Waals surface area (Å²) in [5, 5.41) is 11.4. The number of aliphatic hydroxyl groups excluding tert-OH is 1. The summed E-state index contributed by atoms with van der Waals surface area (Å²) < 4.78 is 34.3. The highest BCUT2D eigenvalue weighted by Gasteiger charge is 2.41. The lowest BCUT2D eigenvalue weighted by molar-refractivity contribution is -0.133.